The molecule has 0 aromatic heterocycles. The van der Waals surface area contributed by atoms with E-state index in [4.69, 9.17) is 4.74 Å². The third-order valence-corrected chi connectivity index (χ3v) is 3.42. The minimum Gasteiger partial charge on any atom is -0.383 e. The topological polar surface area (TPSA) is 84.7 Å². The second-order valence-corrected chi connectivity index (χ2v) is 5.21. The minimum absolute atomic E-state index is 0.0143. The smallest absolute Gasteiger partial charge is 0.292 e. The zero-order valence-corrected chi connectivity index (χ0v) is 12.3. The number of nitrogens with zero attached hydrogens (tertiary/aromatic N) is 2. The Morgan fingerprint density at radius 2 is 2.00 bits per heavy atom. The molecule has 7 heteroatoms. The number of carbonyl (C=O) groups is 1. The highest BCUT2D eigenvalue weighted by Crippen LogP contribution is 2.26. The lowest BCUT2D eigenvalue weighted by molar-refractivity contribution is -0.383. The number of nitrogens with one attached hydrogen (secondary N) is 1. The lowest BCUT2D eigenvalue weighted by atomic mass is 10.1. The molecule has 21 heavy (non-hydrogen) atoms. The lowest BCUT2D eigenvalue weighted by Crippen LogP contribution is -2.48. The molecule has 1 heterocycles. The Labute approximate surface area is 123 Å². The van der Waals surface area contributed by atoms with Gasteiger partial charge in [0.05, 0.1) is 17.1 Å². The number of rotatable bonds is 3. The normalized spacial score (nSPS) is 22.0. The summed E-state index contributed by atoms with van der Waals surface area (Å²) < 4.78 is 5.60. The first kappa shape index (κ1) is 15.2. The van der Waals surface area contributed by atoms with Gasteiger partial charge in [0.1, 0.15) is 5.69 Å². The number of nitro benzene ring substituents is 1. The molecular formula is C14H19N3O4. The molecule has 1 fully saturated rings. The molecule has 0 spiro atoms. The highest BCUT2D eigenvalue weighted by atomic mass is 16.6. The van der Waals surface area contributed by atoms with Gasteiger partial charge >= 0.3 is 0 Å². The van der Waals surface area contributed by atoms with Gasteiger partial charge in [0, 0.05) is 31.8 Å². The van der Waals surface area contributed by atoms with Crippen LogP contribution in [0.1, 0.15) is 24.2 Å². The van der Waals surface area contributed by atoms with Crippen LogP contribution in [0.2, 0.25) is 0 Å². The first-order chi connectivity index (χ1) is 9.92. The molecule has 0 saturated carbocycles. The Morgan fingerprint density at radius 3 is 2.52 bits per heavy atom. The maximum Gasteiger partial charge on any atom is 0.292 e. The average molecular weight is 293 g/mol. The van der Waals surface area contributed by atoms with E-state index in [1.54, 1.807) is 11.9 Å². The predicted octanol–water partition coefficient (Wildman–Crippen LogP) is 1.89. The second-order valence-electron chi connectivity index (χ2n) is 5.21. The van der Waals surface area contributed by atoms with Crippen LogP contribution in [0.25, 0.3) is 0 Å². The Bertz CT molecular complexity index is 551. The summed E-state index contributed by atoms with van der Waals surface area (Å²) in [6.45, 7) is 4.89. The minimum atomic E-state index is -0.473. The molecule has 0 bridgehead atoms. The Balaban J connectivity index is 2.25. The van der Waals surface area contributed by atoms with E-state index in [9.17, 15) is 14.9 Å². The molecule has 2 rings (SSSR count). The standard InChI is InChI=1S/C14H19N3O4/c1-9-7-16(8-10(2)21-9)14(18)11-4-5-13(17(19)20)12(6-11)15-3/h4-6,9-10,15H,7-8H2,1-3H3/t9-,10+. The second kappa shape index (κ2) is 6.09. The Hall–Kier alpha value is -2.15. The van der Waals surface area contributed by atoms with E-state index in [0.29, 0.717) is 24.3 Å². The van der Waals surface area contributed by atoms with Gasteiger partial charge in [-0.3, -0.25) is 14.9 Å². The van der Waals surface area contributed by atoms with Crippen molar-refractivity contribution in [3.63, 3.8) is 0 Å². The fraction of sp³-hybridized carbons (Fsp3) is 0.500. The maximum absolute atomic E-state index is 12.5. The summed E-state index contributed by atoms with van der Waals surface area (Å²) in [7, 11) is 1.59. The van der Waals surface area contributed by atoms with E-state index < -0.39 is 4.92 Å². The van der Waals surface area contributed by atoms with Gasteiger partial charge in [0.15, 0.2) is 0 Å². The number of ether oxygens (including phenoxy) is 1. The fourth-order valence-corrected chi connectivity index (χ4v) is 2.55. The van der Waals surface area contributed by atoms with Crippen molar-refractivity contribution in [1.82, 2.24) is 4.90 Å². The summed E-state index contributed by atoms with van der Waals surface area (Å²) in [4.78, 5) is 24.7. The predicted molar refractivity (Wildman–Crippen MR) is 78.6 cm³/mol. The molecule has 1 saturated heterocycles. The van der Waals surface area contributed by atoms with Crippen LogP contribution in [-0.2, 0) is 4.74 Å². The molecule has 114 valence electrons. The van der Waals surface area contributed by atoms with Crippen molar-refractivity contribution in [3.8, 4) is 0 Å². The van der Waals surface area contributed by atoms with Gasteiger partial charge in [0.2, 0.25) is 0 Å². The summed E-state index contributed by atoms with van der Waals surface area (Å²) in [6.07, 6.45) is -0.0287. The molecule has 1 aliphatic heterocycles. The van der Waals surface area contributed by atoms with Crippen molar-refractivity contribution in [2.45, 2.75) is 26.1 Å². The van der Waals surface area contributed by atoms with Crippen molar-refractivity contribution in [2.24, 2.45) is 0 Å². The molecule has 1 amide bonds. The van der Waals surface area contributed by atoms with Crippen molar-refractivity contribution in [2.75, 3.05) is 25.5 Å². The molecule has 1 aromatic rings. The number of carbonyl (C=O) groups excluding carboxylic acids is 1. The fourth-order valence-electron chi connectivity index (χ4n) is 2.55. The van der Waals surface area contributed by atoms with E-state index in [0.717, 1.165) is 0 Å². The summed E-state index contributed by atoms with van der Waals surface area (Å²) in [5.74, 6) is -0.136. The number of nitro groups is 1. The van der Waals surface area contributed by atoms with Gasteiger partial charge in [-0.2, -0.15) is 0 Å². The van der Waals surface area contributed by atoms with E-state index in [-0.39, 0.29) is 23.8 Å². The van der Waals surface area contributed by atoms with Crippen LogP contribution in [0.15, 0.2) is 18.2 Å². The van der Waals surface area contributed by atoms with E-state index in [2.05, 4.69) is 5.32 Å². The third-order valence-electron chi connectivity index (χ3n) is 3.42. The number of amides is 1. The van der Waals surface area contributed by atoms with Crippen molar-refractivity contribution < 1.29 is 14.5 Å². The molecule has 0 aliphatic carbocycles. The Morgan fingerprint density at radius 1 is 1.38 bits per heavy atom. The highest BCUT2D eigenvalue weighted by Gasteiger charge is 2.27. The van der Waals surface area contributed by atoms with Crippen LogP contribution in [0.5, 0.6) is 0 Å². The highest BCUT2D eigenvalue weighted by molar-refractivity contribution is 5.96. The molecule has 0 radical (unpaired) electrons. The lowest BCUT2D eigenvalue weighted by Gasteiger charge is -2.35. The zero-order valence-electron chi connectivity index (χ0n) is 12.3. The molecule has 1 aliphatic rings. The molecule has 2 atom stereocenters. The summed E-state index contributed by atoms with van der Waals surface area (Å²) >= 11 is 0. The van der Waals surface area contributed by atoms with E-state index >= 15 is 0 Å². The number of anilines is 1. The largest absolute Gasteiger partial charge is 0.383 e. The van der Waals surface area contributed by atoms with Crippen LogP contribution < -0.4 is 5.32 Å². The molecule has 0 unspecified atom stereocenters. The van der Waals surface area contributed by atoms with Crippen LogP contribution in [0.4, 0.5) is 11.4 Å². The van der Waals surface area contributed by atoms with Crippen molar-refractivity contribution >= 4 is 17.3 Å². The third kappa shape index (κ3) is 3.30. The number of benzene rings is 1. The monoisotopic (exact) mass is 293 g/mol. The molecule has 7 nitrogen and oxygen atoms in total. The van der Waals surface area contributed by atoms with E-state index in [1.165, 1.54) is 18.2 Å². The maximum atomic E-state index is 12.5. The quantitative estimate of drug-likeness (QED) is 0.679. The van der Waals surface area contributed by atoms with Gasteiger partial charge < -0.3 is 15.0 Å². The number of morpholine rings is 1. The van der Waals surface area contributed by atoms with Crippen molar-refractivity contribution in [3.05, 3.63) is 33.9 Å². The average Bonchev–Trinajstić information content (AvgIpc) is 2.44. The van der Waals surface area contributed by atoms with E-state index in [1.807, 2.05) is 13.8 Å². The van der Waals surface area contributed by atoms with Crippen LogP contribution in [0, 0.1) is 10.1 Å². The SMILES string of the molecule is CNc1cc(C(=O)N2C[C@@H](C)O[C@@H](C)C2)ccc1[N+](=O)[O-]. The molecule has 1 aromatic carbocycles. The van der Waals surface area contributed by atoms with Crippen LogP contribution in [0.3, 0.4) is 0 Å². The molecule has 1 N–H and O–H groups in total. The van der Waals surface area contributed by atoms with Crippen molar-refractivity contribution in [1.29, 1.82) is 0 Å². The number of hydrogen-bond acceptors (Lipinski definition) is 5. The van der Waals surface area contributed by atoms with Gasteiger partial charge in [0.25, 0.3) is 11.6 Å². The van der Waals surface area contributed by atoms with Crippen LogP contribution in [-0.4, -0.2) is 48.1 Å². The van der Waals surface area contributed by atoms with Crippen LogP contribution >= 0.6 is 0 Å². The Kier molecular flexibility index (Phi) is 4.42. The summed E-state index contributed by atoms with van der Waals surface area (Å²) in [5.41, 5.74) is 0.726. The van der Waals surface area contributed by atoms with Gasteiger partial charge in [-0.15, -0.1) is 0 Å². The molecular weight excluding hydrogens is 274 g/mol. The number of hydrogen-bond donors (Lipinski definition) is 1. The zero-order chi connectivity index (χ0) is 15.6. The van der Waals surface area contributed by atoms with Gasteiger partial charge in [-0.1, -0.05) is 0 Å². The van der Waals surface area contributed by atoms with Gasteiger partial charge in [-0.05, 0) is 26.0 Å². The van der Waals surface area contributed by atoms with Gasteiger partial charge in [-0.25, -0.2) is 0 Å². The summed E-state index contributed by atoms with van der Waals surface area (Å²) in [5, 5.41) is 13.7. The first-order valence-electron chi connectivity index (χ1n) is 6.83. The summed E-state index contributed by atoms with van der Waals surface area (Å²) in [6, 6.07) is 4.36. The first-order valence-corrected chi connectivity index (χ1v) is 6.83.